The molecule has 1 unspecified atom stereocenters. The van der Waals surface area contributed by atoms with Gasteiger partial charge in [-0.15, -0.1) is 0 Å². The van der Waals surface area contributed by atoms with Gasteiger partial charge in [0.2, 0.25) is 5.91 Å². The van der Waals surface area contributed by atoms with Crippen LogP contribution >= 0.6 is 7.60 Å². The van der Waals surface area contributed by atoms with Crippen LogP contribution in [0.5, 0.6) is 0 Å². The Kier molecular flexibility index (Phi) is 5.45. The molecular weight excluding hydrogens is 281 g/mol. The van der Waals surface area contributed by atoms with E-state index in [-0.39, 0.29) is 0 Å². The maximum Gasteiger partial charge on any atom is 0.331 e. The van der Waals surface area contributed by atoms with Gasteiger partial charge < -0.3 is 35.2 Å². The summed E-state index contributed by atoms with van der Waals surface area (Å²) < 4.78 is 16.3. The first-order valence-corrected chi connectivity index (χ1v) is 7.36. The third-order valence-corrected chi connectivity index (χ3v) is 4.17. The summed E-state index contributed by atoms with van der Waals surface area (Å²) in [6, 6.07) is -1.16. The van der Waals surface area contributed by atoms with Crippen LogP contribution in [0.3, 0.4) is 0 Å². The van der Waals surface area contributed by atoms with Gasteiger partial charge >= 0.3 is 7.60 Å². The first-order chi connectivity index (χ1) is 8.68. The monoisotopic (exact) mass is 299 g/mol. The molecular formula is C9H18NO8P. The Labute approximate surface area is 109 Å². The maximum atomic E-state index is 11.5. The summed E-state index contributed by atoms with van der Waals surface area (Å²) in [5, 5.41) is 39.9. The Morgan fingerprint density at radius 2 is 2.11 bits per heavy atom. The minimum atomic E-state index is -4.14. The second kappa shape index (κ2) is 6.27. The van der Waals surface area contributed by atoms with Gasteiger partial charge in [0.15, 0.2) is 0 Å². The summed E-state index contributed by atoms with van der Waals surface area (Å²) in [5.74, 6) is -0.544. The van der Waals surface area contributed by atoms with Gasteiger partial charge in [-0.05, 0) is 0 Å². The molecule has 0 bridgehead atoms. The minimum absolute atomic E-state index is 0.544. The van der Waals surface area contributed by atoms with Crippen LogP contribution in [0.25, 0.3) is 0 Å². The van der Waals surface area contributed by atoms with Gasteiger partial charge in [-0.1, -0.05) is 0 Å². The predicted octanol–water partition coefficient (Wildman–Crippen LogP) is -2.85. The number of hydrogen-bond acceptors (Lipinski definition) is 7. The molecule has 1 aliphatic rings. The average molecular weight is 299 g/mol. The predicted molar refractivity (Wildman–Crippen MR) is 62.3 cm³/mol. The van der Waals surface area contributed by atoms with Gasteiger partial charge in [-0.25, -0.2) is 0 Å². The zero-order valence-corrected chi connectivity index (χ0v) is 11.1. The van der Waals surface area contributed by atoms with E-state index in [9.17, 15) is 29.6 Å². The molecule has 6 atom stereocenters. The van der Waals surface area contributed by atoms with Crippen LogP contribution in [0.4, 0.5) is 0 Å². The van der Waals surface area contributed by atoms with Crippen molar-refractivity contribution < 1.29 is 39.2 Å². The number of hydrogen-bond donors (Lipinski definition) is 6. The van der Waals surface area contributed by atoms with Crippen LogP contribution in [-0.2, 0) is 13.9 Å². The highest BCUT2D eigenvalue weighted by molar-refractivity contribution is 7.52. The fraction of sp³-hybridized carbons (Fsp3) is 0.889. The quantitative estimate of drug-likeness (QED) is 0.303. The van der Waals surface area contributed by atoms with Crippen molar-refractivity contribution >= 4 is 13.5 Å². The number of amides is 1. The zero-order valence-electron chi connectivity index (χ0n) is 10.2. The third-order valence-electron chi connectivity index (χ3n) is 2.76. The molecule has 10 heteroatoms. The summed E-state index contributed by atoms with van der Waals surface area (Å²) in [4.78, 5) is 20.4. The van der Waals surface area contributed by atoms with Crippen LogP contribution in [0.15, 0.2) is 0 Å². The first-order valence-electron chi connectivity index (χ1n) is 5.60. The van der Waals surface area contributed by atoms with Gasteiger partial charge in [-0.3, -0.25) is 9.36 Å². The molecule has 1 fully saturated rings. The van der Waals surface area contributed by atoms with Crippen LogP contribution in [0.1, 0.15) is 6.92 Å². The Morgan fingerprint density at radius 1 is 1.53 bits per heavy atom. The number of rotatable bonds is 4. The normalized spacial score (nSPS) is 38.5. The molecule has 0 saturated carbocycles. The van der Waals surface area contributed by atoms with Crippen LogP contribution in [0.2, 0.25) is 0 Å². The summed E-state index contributed by atoms with van der Waals surface area (Å²) >= 11 is 0. The molecule has 0 aromatic rings. The summed E-state index contributed by atoms with van der Waals surface area (Å²) in [6.07, 6.45) is -6.90. The van der Waals surface area contributed by atoms with E-state index >= 15 is 0 Å². The van der Waals surface area contributed by atoms with Crippen molar-refractivity contribution in [3.05, 3.63) is 0 Å². The van der Waals surface area contributed by atoms with E-state index in [1.54, 1.807) is 0 Å². The SMILES string of the molecule is CC(=O)N[C@H]1[C@H]([C@@H](O)[C@@H](O)CO)OP(=O)(O)C[C@@H]1O. The number of carbonyl (C=O) groups is 1. The van der Waals surface area contributed by atoms with Gasteiger partial charge in [-0.2, -0.15) is 0 Å². The highest BCUT2D eigenvalue weighted by atomic mass is 31.2. The van der Waals surface area contributed by atoms with Crippen LogP contribution in [-0.4, -0.2) is 74.5 Å². The molecule has 0 aliphatic carbocycles. The van der Waals surface area contributed by atoms with Gasteiger partial charge in [0.05, 0.1) is 24.9 Å². The standard InChI is InChI=1S/C9H18NO8P/c1-4(12)10-7-6(14)3-19(16,17)18-9(7)8(15)5(13)2-11/h5-9,11,13-15H,2-3H2,1H3,(H,10,12)(H,16,17)/t5-,6-,7+,8-,9+/m0/s1. The van der Waals surface area contributed by atoms with Crippen LogP contribution in [0, 0.1) is 0 Å². The van der Waals surface area contributed by atoms with E-state index in [0.29, 0.717) is 0 Å². The second-order valence-corrected chi connectivity index (χ2v) is 6.28. The average Bonchev–Trinajstić information content (AvgIpc) is 2.29. The van der Waals surface area contributed by atoms with E-state index in [2.05, 4.69) is 5.32 Å². The lowest BCUT2D eigenvalue weighted by Gasteiger charge is -2.40. The number of aliphatic hydroxyl groups excluding tert-OH is 4. The minimum Gasteiger partial charge on any atom is -0.394 e. The van der Waals surface area contributed by atoms with E-state index in [0.717, 1.165) is 6.92 Å². The number of carbonyl (C=O) groups excluding carboxylic acids is 1. The van der Waals surface area contributed by atoms with Crippen molar-refractivity contribution in [1.82, 2.24) is 5.32 Å². The van der Waals surface area contributed by atoms with E-state index < -0.39 is 56.7 Å². The van der Waals surface area contributed by atoms with Crippen molar-refractivity contribution in [3.8, 4) is 0 Å². The Hall–Kier alpha value is -0.540. The molecule has 0 radical (unpaired) electrons. The summed E-state index contributed by atoms with van der Waals surface area (Å²) in [7, 11) is -4.14. The molecule has 9 nitrogen and oxygen atoms in total. The van der Waals surface area contributed by atoms with E-state index in [4.69, 9.17) is 9.63 Å². The van der Waals surface area contributed by atoms with E-state index in [1.807, 2.05) is 0 Å². The number of aliphatic hydroxyl groups is 4. The maximum absolute atomic E-state index is 11.5. The molecule has 1 amide bonds. The zero-order chi connectivity index (χ0) is 14.8. The Bertz CT molecular complexity index is 377. The summed E-state index contributed by atoms with van der Waals surface area (Å²) in [5.41, 5.74) is 0. The largest absolute Gasteiger partial charge is 0.394 e. The molecule has 1 heterocycles. The Balaban J connectivity index is 2.96. The molecule has 112 valence electrons. The molecule has 0 aromatic heterocycles. The van der Waals surface area contributed by atoms with Crippen molar-refractivity contribution in [2.45, 2.75) is 37.4 Å². The van der Waals surface area contributed by atoms with Gasteiger partial charge in [0, 0.05) is 6.92 Å². The summed E-state index contributed by atoms with van der Waals surface area (Å²) in [6.45, 7) is 0.353. The van der Waals surface area contributed by atoms with Gasteiger partial charge in [0.25, 0.3) is 0 Å². The van der Waals surface area contributed by atoms with E-state index in [1.165, 1.54) is 0 Å². The fourth-order valence-electron chi connectivity index (χ4n) is 1.88. The molecule has 0 spiro atoms. The Morgan fingerprint density at radius 3 is 2.58 bits per heavy atom. The van der Waals surface area contributed by atoms with Crippen molar-refractivity contribution in [1.29, 1.82) is 0 Å². The lowest BCUT2D eigenvalue weighted by molar-refractivity contribution is -0.127. The number of nitrogens with one attached hydrogen (secondary N) is 1. The highest BCUT2D eigenvalue weighted by Crippen LogP contribution is 2.49. The van der Waals surface area contributed by atoms with Crippen LogP contribution < -0.4 is 5.32 Å². The van der Waals surface area contributed by atoms with Gasteiger partial charge in [0.1, 0.15) is 18.3 Å². The lowest BCUT2D eigenvalue weighted by atomic mass is 9.97. The molecule has 1 saturated heterocycles. The first kappa shape index (κ1) is 16.5. The van der Waals surface area contributed by atoms with Crippen molar-refractivity contribution in [2.24, 2.45) is 0 Å². The lowest BCUT2D eigenvalue weighted by Crippen LogP contribution is -2.61. The van der Waals surface area contributed by atoms with Crippen molar-refractivity contribution in [2.75, 3.05) is 12.8 Å². The molecule has 1 rings (SSSR count). The third kappa shape index (κ3) is 4.22. The topological polar surface area (TPSA) is 157 Å². The molecule has 6 N–H and O–H groups in total. The smallest absolute Gasteiger partial charge is 0.331 e. The molecule has 1 aliphatic heterocycles. The van der Waals surface area contributed by atoms with Crippen molar-refractivity contribution in [3.63, 3.8) is 0 Å². The second-order valence-electron chi connectivity index (χ2n) is 4.42. The highest BCUT2D eigenvalue weighted by Gasteiger charge is 2.48. The molecule has 19 heavy (non-hydrogen) atoms. The molecule has 0 aromatic carbocycles. The fourth-order valence-corrected chi connectivity index (χ4v) is 3.30.